The van der Waals surface area contributed by atoms with E-state index in [2.05, 4.69) is 18.6 Å². The van der Waals surface area contributed by atoms with Crippen molar-refractivity contribution in [2.24, 2.45) is 11.3 Å². The highest BCUT2D eigenvalue weighted by molar-refractivity contribution is 7.91. The van der Waals surface area contributed by atoms with E-state index in [4.69, 9.17) is 5.73 Å². The lowest BCUT2D eigenvalue weighted by molar-refractivity contribution is -0.383. The SMILES string of the molecule is CC1(C)CC1CNS(=O)(=O)c1cc([N+](=O)[O-])c(N)s1. The first-order valence-corrected chi connectivity index (χ1v) is 7.97. The summed E-state index contributed by atoms with van der Waals surface area (Å²) in [5, 5.41) is 10.5. The third kappa shape index (κ3) is 2.88. The van der Waals surface area contributed by atoms with Crippen LogP contribution in [0.5, 0.6) is 0 Å². The Kier molecular flexibility index (Phi) is 3.31. The van der Waals surface area contributed by atoms with Gasteiger partial charge in [-0.25, -0.2) is 13.1 Å². The number of nitrogens with zero attached hydrogens (tertiary/aromatic N) is 1. The minimum Gasteiger partial charge on any atom is -0.385 e. The molecule has 1 aromatic heterocycles. The molecule has 1 atom stereocenters. The number of hydrogen-bond acceptors (Lipinski definition) is 6. The zero-order chi connectivity index (χ0) is 14.4. The third-order valence-corrected chi connectivity index (χ3v) is 6.27. The Labute approximate surface area is 115 Å². The molecule has 1 aliphatic rings. The molecule has 19 heavy (non-hydrogen) atoms. The molecular weight excluding hydrogens is 290 g/mol. The Morgan fingerprint density at radius 1 is 1.63 bits per heavy atom. The molecule has 0 aliphatic heterocycles. The molecule has 1 aliphatic carbocycles. The van der Waals surface area contributed by atoms with E-state index in [0.717, 1.165) is 12.5 Å². The van der Waals surface area contributed by atoms with Crippen LogP contribution in [-0.2, 0) is 10.0 Å². The van der Waals surface area contributed by atoms with Gasteiger partial charge in [0.15, 0.2) is 5.00 Å². The van der Waals surface area contributed by atoms with Gasteiger partial charge in [-0.3, -0.25) is 10.1 Å². The van der Waals surface area contributed by atoms with E-state index in [0.29, 0.717) is 23.8 Å². The lowest BCUT2D eigenvalue weighted by Crippen LogP contribution is -2.26. The summed E-state index contributed by atoms with van der Waals surface area (Å²) in [5.74, 6) is 0.314. The monoisotopic (exact) mass is 305 g/mol. The number of thiophene rings is 1. The van der Waals surface area contributed by atoms with Crippen LogP contribution in [0.3, 0.4) is 0 Å². The Balaban J connectivity index is 2.11. The van der Waals surface area contributed by atoms with E-state index in [1.165, 1.54) is 0 Å². The van der Waals surface area contributed by atoms with Gasteiger partial charge in [-0.15, -0.1) is 0 Å². The number of sulfonamides is 1. The lowest BCUT2D eigenvalue weighted by Gasteiger charge is -2.05. The summed E-state index contributed by atoms with van der Waals surface area (Å²) in [6.45, 7) is 4.49. The lowest BCUT2D eigenvalue weighted by atomic mass is 10.1. The minimum absolute atomic E-state index is 0.0999. The average Bonchev–Trinajstić information content (AvgIpc) is 2.69. The highest BCUT2D eigenvalue weighted by Crippen LogP contribution is 2.51. The Hall–Kier alpha value is -1.19. The van der Waals surface area contributed by atoms with Crippen LogP contribution in [0.4, 0.5) is 10.7 Å². The summed E-state index contributed by atoms with van der Waals surface area (Å²) in [7, 11) is -3.72. The number of nitrogen functional groups attached to an aromatic ring is 1. The molecule has 0 amide bonds. The van der Waals surface area contributed by atoms with Crippen LogP contribution in [-0.4, -0.2) is 19.9 Å². The summed E-state index contributed by atoms with van der Waals surface area (Å²) in [4.78, 5) is 9.95. The fourth-order valence-corrected chi connectivity index (χ4v) is 4.19. The van der Waals surface area contributed by atoms with Crippen LogP contribution in [0.25, 0.3) is 0 Å². The number of nitrogens with one attached hydrogen (secondary N) is 1. The van der Waals surface area contributed by atoms with Gasteiger partial charge in [-0.1, -0.05) is 25.2 Å². The van der Waals surface area contributed by atoms with Gasteiger partial charge in [0.1, 0.15) is 4.21 Å². The summed E-state index contributed by atoms with van der Waals surface area (Å²) >= 11 is 0.707. The molecule has 106 valence electrons. The van der Waals surface area contributed by atoms with Crippen molar-refractivity contribution >= 4 is 32.0 Å². The predicted molar refractivity (Wildman–Crippen MR) is 72.5 cm³/mol. The quantitative estimate of drug-likeness (QED) is 0.632. The predicted octanol–water partition coefficient (Wildman–Crippen LogP) is 1.56. The normalized spacial score (nSPS) is 21.3. The molecule has 1 saturated carbocycles. The highest BCUT2D eigenvalue weighted by atomic mass is 32.2. The van der Waals surface area contributed by atoms with Gasteiger partial charge in [0.25, 0.3) is 0 Å². The third-order valence-electron chi connectivity index (χ3n) is 3.42. The van der Waals surface area contributed by atoms with Crippen LogP contribution < -0.4 is 10.5 Å². The van der Waals surface area contributed by atoms with E-state index in [-0.39, 0.29) is 20.3 Å². The Bertz CT molecular complexity index is 621. The van der Waals surface area contributed by atoms with E-state index in [1.54, 1.807) is 0 Å². The van der Waals surface area contributed by atoms with Gasteiger partial charge in [0.05, 0.1) is 4.92 Å². The number of nitro groups is 1. The molecule has 0 radical (unpaired) electrons. The molecular formula is C10H15N3O4S2. The second-order valence-corrected chi connectivity index (χ2v) is 8.39. The molecule has 1 unspecified atom stereocenters. The van der Waals surface area contributed by atoms with Gasteiger partial charge in [-0.05, 0) is 17.8 Å². The van der Waals surface area contributed by atoms with Crippen molar-refractivity contribution in [3.8, 4) is 0 Å². The highest BCUT2D eigenvalue weighted by Gasteiger charge is 2.45. The Morgan fingerprint density at radius 2 is 2.21 bits per heavy atom. The molecule has 1 heterocycles. The van der Waals surface area contributed by atoms with Crippen molar-refractivity contribution < 1.29 is 13.3 Å². The smallest absolute Gasteiger partial charge is 0.304 e. The van der Waals surface area contributed by atoms with E-state index in [1.807, 2.05) is 0 Å². The molecule has 9 heteroatoms. The number of hydrogen-bond donors (Lipinski definition) is 2. The van der Waals surface area contributed by atoms with E-state index < -0.39 is 14.9 Å². The van der Waals surface area contributed by atoms with Gasteiger partial charge >= 0.3 is 5.69 Å². The van der Waals surface area contributed by atoms with E-state index >= 15 is 0 Å². The van der Waals surface area contributed by atoms with E-state index in [9.17, 15) is 18.5 Å². The van der Waals surface area contributed by atoms with Crippen molar-refractivity contribution in [2.45, 2.75) is 24.5 Å². The van der Waals surface area contributed by atoms with Crippen LogP contribution in [0.1, 0.15) is 20.3 Å². The molecule has 2 rings (SSSR count). The fraction of sp³-hybridized carbons (Fsp3) is 0.600. The number of anilines is 1. The summed E-state index contributed by atoms with van der Waals surface area (Å²) < 4.78 is 26.3. The molecule has 0 aromatic carbocycles. The average molecular weight is 305 g/mol. The molecule has 1 aromatic rings. The first-order chi connectivity index (χ1) is 8.63. The zero-order valence-electron chi connectivity index (χ0n) is 10.5. The van der Waals surface area contributed by atoms with Crippen molar-refractivity contribution in [3.63, 3.8) is 0 Å². The zero-order valence-corrected chi connectivity index (χ0v) is 12.2. The second-order valence-electron chi connectivity index (χ2n) is 5.31. The fourth-order valence-electron chi connectivity index (χ4n) is 1.85. The van der Waals surface area contributed by atoms with Gasteiger partial charge < -0.3 is 5.73 Å². The van der Waals surface area contributed by atoms with Crippen molar-refractivity contribution in [1.82, 2.24) is 4.72 Å². The van der Waals surface area contributed by atoms with Gasteiger partial charge in [-0.2, -0.15) is 0 Å². The number of nitrogens with two attached hydrogens (primary N) is 1. The molecule has 0 saturated heterocycles. The van der Waals surface area contributed by atoms with Crippen LogP contribution in [0, 0.1) is 21.4 Å². The van der Waals surface area contributed by atoms with Crippen LogP contribution in [0.2, 0.25) is 0 Å². The maximum atomic E-state index is 12.0. The van der Waals surface area contributed by atoms with Gasteiger partial charge in [0.2, 0.25) is 10.0 Å². The largest absolute Gasteiger partial charge is 0.385 e. The molecule has 3 N–H and O–H groups in total. The van der Waals surface area contributed by atoms with Crippen LogP contribution in [0.15, 0.2) is 10.3 Å². The van der Waals surface area contributed by atoms with Gasteiger partial charge in [0, 0.05) is 12.6 Å². The first-order valence-electron chi connectivity index (χ1n) is 5.67. The standard InChI is InChI=1S/C10H15N3O4S2/c1-10(2)4-6(10)5-12-19(16,17)8-3-7(13(14)15)9(11)18-8/h3,6,12H,4-5,11H2,1-2H3. The summed E-state index contributed by atoms with van der Waals surface area (Å²) in [6.07, 6.45) is 0.974. The van der Waals surface area contributed by atoms with Crippen LogP contribution >= 0.6 is 11.3 Å². The topological polar surface area (TPSA) is 115 Å². The number of rotatable bonds is 5. The molecule has 1 fully saturated rings. The molecule has 7 nitrogen and oxygen atoms in total. The molecule has 0 spiro atoms. The van der Waals surface area contributed by atoms with Crippen molar-refractivity contribution in [3.05, 3.63) is 16.2 Å². The molecule has 0 bridgehead atoms. The Morgan fingerprint density at radius 3 is 2.63 bits per heavy atom. The second kappa shape index (κ2) is 4.43. The minimum atomic E-state index is -3.72. The summed E-state index contributed by atoms with van der Waals surface area (Å²) in [5.41, 5.74) is 5.24. The maximum absolute atomic E-state index is 12.0. The van der Waals surface area contributed by atoms with Crippen molar-refractivity contribution in [1.29, 1.82) is 0 Å². The summed E-state index contributed by atoms with van der Waals surface area (Å²) in [6, 6.07) is 1.00. The first kappa shape index (κ1) is 14.2. The van der Waals surface area contributed by atoms with Crippen molar-refractivity contribution in [2.75, 3.05) is 12.3 Å². The maximum Gasteiger partial charge on any atom is 0.304 e.